The fraction of sp³-hybridized carbons (Fsp3) is 0.240. The molecule has 0 saturated carbocycles. The van der Waals surface area contributed by atoms with Crippen LogP contribution in [0.1, 0.15) is 33.6 Å². The molecule has 3 amide bonds. The van der Waals surface area contributed by atoms with Gasteiger partial charge in [-0.2, -0.15) is 0 Å². The number of ether oxygens (including phenoxy) is 1. The Bertz CT molecular complexity index is 1130. The third kappa shape index (κ3) is 6.20. The van der Waals surface area contributed by atoms with E-state index in [4.69, 9.17) is 4.74 Å². The van der Waals surface area contributed by atoms with Crippen molar-refractivity contribution in [2.45, 2.75) is 25.8 Å². The van der Waals surface area contributed by atoms with E-state index in [-0.39, 0.29) is 17.9 Å². The van der Waals surface area contributed by atoms with Crippen LogP contribution in [0, 0.1) is 0 Å². The number of hydrogen-bond acceptors (Lipinski definition) is 5. The lowest BCUT2D eigenvalue weighted by Gasteiger charge is -2.14. The van der Waals surface area contributed by atoms with Crippen molar-refractivity contribution in [3.8, 4) is 0 Å². The number of carbonyl (C=O) groups excluding carboxylic acids is 3. The van der Waals surface area contributed by atoms with Gasteiger partial charge < -0.3 is 15.4 Å². The van der Waals surface area contributed by atoms with E-state index >= 15 is 0 Å². The third-order valence-electron chi connectivity index (χ3n) is 5.25. The molecule has 33 heavy (non-hydrogen) atoms. The van der Waals surface area contributed by atoms with Gasteiger partial charge in [-0.3, -0.25) is 14.5 Å². The van der Waals surface area contributed by atoms with E-state index in [0.29, 0.717) is 37.4 Å². The minimum Gasteiger partial charge on any atom is -0.447 e. The quantitative estimate of drug-likeness (QED) is 0.486. The second-order valence-corrected chi connectivity index (χ2v) is 8.71. The highest BCUT2D eigenvalue weighted by Crippen LogP contribution is 2.20. The van der Waals surface area contributed by atoms with E-state index in [1.54, 1.807) is 40.5 Å². The van der Waals surface area contributed by atoms with Crippen LogP contribution in [0.3, 0.4) is 0 Å². The first-order valence-electron chi connectivity index (χ1n) is 10.8. The second kappa shape index (κ2) is 10.8. The van der Waals surface area contributed by atoms with Crippen LogP contribution < -0.4 is 15.5 Å². The van der Waals surface area contributed by atoms with Gasteiger partial charge in [-0.25, -0.2) is 4.79 Å². The zero-order valence-electron chi connectivity index (χ0n) is 18.1. The van der Waals surface area contributed by atoms with Gasteiger partial charge in [0.15, 0.2) is 0 Å². The van der Waals surface area contributed by atoms with Crippen molar-refractivity contribution >= 4 is 40.6 Å². The Balaban J connectivity index is 1.28. The van der Waals surface area contributed by atoms with Crippen LogP contribution in [0.15, 0.2) is 66.0 Å². The Morgan fingerprint density at radius 2 is 1.94 bits per heavy atom. The normalized spacial score (nSPS) is 13.0. The molecule has 2 aromatic carbocycles. The molecule has 8 heteroatoms. The van der Waals surface area contributed by atoms with E-state index in [1.807, 2.05) is 35.7 Å². The fourth-order valence-corrected chi connectivity index (χ4v) is 4.34. The lowest BCUT2D eigenvalue weighted by Crippen LogP contribution is -2.25. The van der Waals surface area contributed by atoms with Crippen LogP contribution >= 0.6 is 11.3 Å². The van der Waals surface area contributed by atoms with Crippen LogP contribution in [0.2, 0.25) is 0 Å². The summed E-state index contributed by atoms with van der Waals surface area (Å²) in [6, 6.07) is 18.4. The number of carbonyl (C=O) groups is 3. The largest absolute Gasteiger partial charge is 0.447 e. The smallest absolute Gasteiger partial charge is 0.414 e. The monoisotopic (exact) mass is 463 g/mol. The Morgan fingerprint density at radius 1 is 1.06 bits per heavy atom. The van der Waals surface area contributed by atoms with E-state index in [2.05, 4.69) is 16.7 Å². The fourth-order valence-electron chi connectivity index (χ4n) is 3.59. The molecule has 0 unspecified atom stereocenters. The van der Waals surface area contributed by atoms with E-state index < -0.39 is 0 Å². The Hall–Kier alpha value is -3.65. The van der Waals surface area contributed by atoms with Crippen LogP contribution in [0.5, 0.6) is 0 Å². The molecule has 170 valence electrons. The summed E-state index contributed by atoms with van der Waals surface area (Å²) in [6.45, 7) is 1.21. The van der Waals surface area contributed by atoms with Crippen molar-refractivity contribution in [1.82, 2.24) is 5.32 Å². The highest BCUT2D eigenvalue weighted by molar-refractivity contribution is 7.09. The summed E-state index contributed by atoms with van der Waals surface area (Å²) in [6.07, 6.45) is 1.73. The predicted octanol–water partition coefficient (Wildman–Crippen LogP) is 4.60. The van der Waals surface area contributed by atoms with Crippen LogP contribution in [0.4, 0.5) is 16.2 Å². The first-order chi connectivity index (χ1) is 16.1. The number of benzene rings is 2. The van der Waals surface area contributed by atoms with Crippen molar-refractivity contribution in [2.24, 2.45) is 0 Å². The molecule has 1 aliphatic rings. The topological polar surface area (TPSA) is 87.7 Å². The summed E-state index contributed by atoms with van der Waals surface area (Å²) < 4.78 is 4.98. The molecule has 7 nitrogen and oxygen atoms in total. The van der Waals surface area contributed by atoms with Gasteiger partial charge in [0.1, 0.15) is 6.61 Å². The molecule has 1 saturated heterocycles. The van der Waals surface area contributed by atoms with Gasteiger partial charge in [-0.15, -0.1) is 11.3 Å². The third-order valence-corrected chi connectivity index (χ3v) is 6.19. The lowest BCUT2D eigenvalue weighted by molar-refractivity contribution is -0.116. The van der Waals surface area contributed by atoms with Gasteiger partial charge in [-0.05, 0) is 60.2 Å². The van der Waals surface area contributed by atoms with Gasteiger partial charge >= 0.3 is 6.09 Å². The first-order valence-corrected chi connectivity index (χ1v) is 11.7. The number of nitrogens with zero attached hydrogens (tertiary/aromatic N) is 1. The molecular formula is C25H25N3O4S. The maximum atomic E-state index is 12.6. The van der Waals surface area contributed by atoms with E-state index in [9.17, 15) is 14.4 Å². The van der Waals surface area contributed by atoms with Crippen molar-refractivity contribution in [3.63, 3.8) is 0 Å². The Morgan fingerprint density at radius 3 is 2.73 bits per heavy atom. The number of amides is 3. The molecule has 1 fully saturated rings. The maximum absolute atomic E-state index is 12.6. The van der Waals surface area contributed by atoms with Crippen molar-refractivity contribution in [3.05, 3.63) is 82.0 Å². The van der Waals surface area contributed by atoms with Crippen LogP contribution in [0.25, 0.3) is 0 Å². The van der Waals surface area contributed by atoms with Crippen LogP contribution in [-0.4, -0.2) is 31.1 Å². The van der Waals surface area contributed by atoms with Crippen LogP contribution in [-0.2, 0) is 22.5 Å². The molecule has 0 aliphatic carbocycles. The number of nitrogens with one attached hydrogen (secondary N) is 2. The SMILES string of the molecule is O=C(CCCc1cccs1)Nc1cccc(C(=O)NCc2cccc(N3CCOC3=O)c2)c1. The molecule has 1 aromatic heterocycles. The van der Waals surface area contributed by atoms with Gasteiger partial charge in [0.25, 0.3) is 5.91 Å². The van der Waals surface area contributed by atoms with E-state index in [0.717, 1.165) is 24.1 Å². The molecule has 0 spiro atoms. The predicted molar refractivity (Wildman–Crippen MR) is 129 cm³/mol. The van der Waals surface area contributed by atoms with Crippen molar-refractivity contribution in [2.75, 3.05) is 23.4 Å². The summed E-state index contributed by atoms with van der Waals surface area (Å²) in [5.74, 6) is -0.309. The highest BCUT2D eigenvalue weighted by atomic mass is 32.1. The summed E-state index contributed by atoms with van der Waals surface area (Å²) in [5, 5.41) is 7.79. The molecule has 1 aliphatic heterocycles. The Labute approximate surface area is 196 Å². The number of hydrogen-bond donors (Lipinski definition) is 2. The summed E-state index contributed by atoms with van der Waals surface area (Å²) >= 11 is 1.69. The average Bonchev–Trinajstić information content (AvgIpc) is 3.49. The van der Waals surface area contributed by atoms with Gasteiger partial charge in [-0.1, -0.05) is 24.3 Å². The number of rotatable bonds is 9. The molecule has 2 heterocycles. The van der Waals surface area contributed by atoms with Gasteiger partial charge in [0, 0.05) is 34.8 Å². The number of cyclic esters (lactones) is 1. The molecule has 0 bridgehead atoms. The standard InChI is InChI=1S/C25H25N3O4S/c29-23(11-3-9-22-10-4-14-33-22)27-20-7-2-6-19(16-20)24(30)26-17-18-5-1-8-21(15-18)28-12-13-32-25(28)31/h1-2,4-8,10,14-16H,3,9,11-13,17H2,(H,26,30)(H,27,29). The summed E-state index contributed by atoms with van der Waals surface area (Å²) in [5.41, 5.74) is 2.67. The van der Waals surface area contributed by atoms with Crippen molar-refractivity contribution < 1.29 is 19.1 Å². The minimum atomic E-state index is -0.360. The molecule has 0 atom stereocenters. The summed E-state index contributed by atoms with van der Waals surface area (Å²) in [4.78, 5) is 39.5. The molecule has 0 radical (unpaired) electrons. The van der Waals surface area contributed by atoms with Crippen molar-refractivity contribution in [1.29, 1.82) is 0 Å². The number of thiophene rings is 1. The lowest BCUT2D eigenvalue weighted by atomic mass is 10.1. The first kappa shape index (κ1) is 22.5. The minimum absolute atomic E-state index is 0.0682. The molecule has 2 N–H and O–H groups in total. The second-order valence-electron chi connectivity index (χ2n) is 7.68. The molecule has 4 rings (SSSR count). The average molecular weight is 464 g/mol. The molecule has 3 aromatic rings. The zero-order valence-corrected chi connectivity index (χ0v) is 18.9. The molecular weight excluding hydrogens is 438 g/mol. The number of aryl methyl sites for hydroxylation is 1. The summed E-state index contributed by atoms with van der Waals surface area (Å²) in [7, 11) is 0. The highest BCUT2D eigenvalue weighted by Gasteiger charge is 2.23. The van der Waals surface area contributed by atoms with Gasteiger partial charge in [0.2, 0.25) is 5.91 Å². The maximum Gasteiger partial charge on any atom is 0.414 e. The number of anilines is 2. The zero-order chi connectivity index (χ0) is 23.0. The van der Waals surface area contributed by atoms with E-state index in [1.165, 1.54) is 4.88 Å². The Kier molecular flexibility index (Phi) is 7.36. The van der Waals surface area contributed by atoms with Gasteiger partial charge in [0.05, 0.1) is 6.54 Å².